The molecule has 39 heavy (non-hydrogen) atoms. The number of aliphatic hydroxyl groups is 1. The van der Waals surface area contributed by atoms with Gasteiger partial charge < -0.3 is 35.0 Å². The molecule has 11 heteroatoms. The predicted molar refractivity (Wildman–Crippen MR) is 150 cm³/mol. The van der Waals surface area contributed by atoms with Gasteiger partial charge >= 0.3 is 6.03 Å². The third kappa shape index (κ3) is 6.44. The minimum absolute atomic E-state index is 0.150. The van der Waals surface area contributed by atoms with Crippen LogP contribution in [0.15, 0.2) is 48.5 Å². The fourth-order valence-electron chi connectivity index (χ4n) is 4.63. The molecule has 3 aromatic rings. The lowest BCUT2D eigenvalue weighted by Crippen LogP contribution is -2.46. The Bertz CT molecular complexity index is 1230. The van der Waals surface area contributed by atoms with Gasteiger partial charge in [-0.3, -0.25) is 0 Å². The molecule has 11 nitrogen and oxygen atoms in total. The van der Waals surface area contributed by atoms with Crippen LogP contribution >= 0.6 is 0 Å². The number of rotatable bonds is 6. The van der Waals surface area contributed by atoms with Crippen molar-refractivity contribution in [2.75, 3.05) is 60.0 Å². The standard InChI is InChI=1S/C28H35N7O4/c1-18-16-38-14-12-34(18)26-31-25(32-27(33-26)35-13-15-39-17-19(35)2)22-6-10-24(11-7-22)30-28(37)29-23-8-4-21(5-9-23)20(3)36/h4-11,18-20,36H,12-17H2,1-3H3,(H2,29,30,37)/t18-,19-,20?/m1/s1. The molecule has 0 bridgehead atoms. The van der Waals surface area contributed by atoms with E-state index in [-0.39, 0.29) is 18.1 Å². The Morgan fingerprint density at radius 2 is 1.33 bits per heavy atom. The van der Waals surface area contributed by atoms with Crippen molar-refractivity contribution in [3.8, 4) is 11.4 Å². The van der Waals surface area contributed by atoms with Gasteiger partial charge in [-0.1, -0.05) is 12.1 Å². The fourth-order valence-corrected chi connectivity index (χ4v) is 4.63. The van der Waals surface area contributed by atoms with Crippen LogP contribution < -0.4 is 20.4 Å². The number of morpholine rings is 2. The van der Waals surface area contributed by atoms with E-state index in [9.17, 15) is 9.90 Å². The van der Waals surface area contributed by atoms with Gasteiger partial charge in [0.1, 0.15) is 0 Å². The first-order valence-electron chi connectivity index (χ1n) is 13.3. The zero-order valence-electron chi connectivity index (χ0n) is 22.5. The molecule has 206 valence electrons. The van der Waals surface area contributed by atoms with Gasteiger partial charge in [0.05, 0.1) is 44.6 Å². The molecule has 1 aromatic heterocycles. The number of anilines is 4. The van der Waals surface area contributed by atoms with Crippen LogP contribution in [0.5, 0.6) is 0 Å². The van der Waals surface area contributed by atoms with E-state index in [0.29, 0.717) is 68.6 Å². The number of carbonyl (C=O) groups excluding carboxylic acids is 1. The molecule has 0 radical (unpaired) electrons. The molecular weight excluding hydrogens is 498 g/mol. The van der Waals surface area contributed by atoms with Gasteiger partial charge in [0.2, 0.25) is 11.9 Å². The van der Waals surface area contributed by atoms with Crippen molar-refractivity contribution in [3.05, 3.63) is 54.1 Å². The molecule has 2 aromatic carbocycles. The van der Waals surface area contributed by atoms with Crippen molar-refractivity contribution in [2.45, 2.75) is 39.0 Å². The third-order valence-corrected chi connectivity index (χ3v) is 6.91. The van der Waals surface area contributed by atoms with Crippen LogP contribution in [0, 0.1) is 0 Å². The highest BCUT2D eigenvalue weighted by atomic mass is 16.5. The van der Waals surface area contributed by atoms with Crippen molar-refractivity contribution in [3.63, 3.8) is 0 Å². The summed E-state index contributed by atoms with van der Waals surface area (Å²) >= 11 is 0. The van der Waals surface area contributed by atoms with Crippen molar-refractivity contribution in [1.29, 1.82) is 0 Å². The van der Waals surface area contributed by atoms with Gasteiger partial charge in [-0.05, 0) is 62.7 Å². The van der Waals surface area contributed by atoms with Crippen LogP contribution in [0.25, 0.3) is 11.4 Å². The zero-order valence-corrected chi connectivity index (χ0v) is 22.5. The zero-order chi connectivity index (χ0) is 27.4. The van der Waals surface area contributed by atoms with Crippen LogP contribution in [0.3, 0.4) is 0 Å². The Kier molecular flexibility index (Phi) is 8.20. The number of carbonyl (C=O) groups is 1. The quantitative estimate of drug-likeness (QED) is 0.435. The summed E-state index contributed by atoms with van der Waals surface area (Å²) in [5.41, 5.74) is 2.87. The molecule has 0 spiro atoms. The highest BCUT2D eigenvalue weighted by Crippen LogP contribution is 2.26. The van der Waals surface area contributed by atoms with E-state index in [1.165, 1.54) is 0 Å². The van der Waals surface area contributed by atoms with Gasteiger partial charge in [-0.25, -0.2) is 4.79 Å². The van der Waals surface area contributed by atoms with Crippen molar-refractivity contribution in [1.82, 2.24) is 15.0 Å². The first-order chi connectivity index (χ1) is 18.9. The summed E-state index contributed by atoms with van der Waals surface area (Å²) in [7, 11) is 0. The first kappa shape index (κ1) is 26.8. The summed E-state index contributed by atoms with van der Waals surface area (Å²) < 4.78 is 11.2. The molecule has 0 saturated carbocycles. The molecular formula is C28H35N7O4. The second-order valence-corrected chi connectivity index (χ2v) is 9.95. The molecule has 0 aliphatic carbocycles. The Balaban J connectivity index is 1.34. The van der Waals surface area contributed by atoms with Crippen LogP contribution in [0.2, 0.25) is 0 Å². The lowest BCUT2D eigenvalue weighted by Gasteiger charge is -2.36. The van der Waals surface area contributed by atoms with E-state index in [2.05, 4.69) is 34.3 Å². The molecule has 2 saturated heterocycles. The van der Waals surface area contributed by atoms with Crippen LogP contribution in [0.1, 0.15) is 32.4 Å². The van der Waals surface area contributed by atoms with Crippen molar-refractivity contribution in [2.24, 2.45) is 0 Å². The first-order valence-corrected chi connectivity index (χ1v) is 13.3. The molecule has 2 aliphatic rings. The second kappa shape index (κ2) is 11.9. The molecule has 3 atom stereocenters. The number of nitrogens with one attached hydrogen (secondary N) is 2. The van der Waals surface area contributed by atoms with Crippen molar-refractivity contribution >= 4 is 29.3 Å². The van der Waals surface area contributed by atoms with Gasteiger partial charge in [0.15, 0.2) is 5.82 Å². The highest BCUT2D eigenvalue weighted by molar-refractivity contribution is 5.99. The summed E-state index contributed by atoms with van der Waals surface area (Å²) in [6.45, 7) is 9.83. The predicted octanol–water partition coefficient (Wildman–Crippen LogP) is 3.69. The number of hydrogen-bond acceptors (Lipinski definition) is 9. The smallest absolute Gasteiger partial charge is 0.323 e. The molecule has 2 fully saturated rings. The van der Waals surface area contributed by atoms with Crippen LogP contribution in [-0.2, 0) is 9.47 Å². The van der Waals surface area contributed by atoms with E-state index in [1.54, 1.807) is 31.2 Å². The second-order valence-electron chi connectivity index (χ2n) is 9.95. The lowest BCUT2D eigenvalue weighted by atomic mass is 10.1. The number of aliphatic hydroxyl groups excluding tert-OH is 1. The number of nitrogens with zero attached hydrogens (tertiary/aromatic N) is 5. The number of urea groups is 1. The summed E-state index contributed by atoms with van der Waals surface area (Å²) in [5.74, 6) is 1.84. The number of ether oxygens (including phenoxy) is 2. The van der Waals surface area contributed by atoms with Crippen LogP contribution in [0.4, 0.5) is 28.1 Å². The summed E-state index contributed by atoms with van der Waals surface area (Å²) in [5, 5.41) is 15.3. The summed E-state index contributed by atoms with van der Waals surface area (Å²) in [6, 6.07) is 14.4. The largest absolute Gasteiger partial charge is 0.389 e. The minimum atomic E-state index is -0.558. The number of hydrogen-bond donors (Lipinski definition) is 3. The van der Waals surface area contributed by atoms with Gasteiger partial charge in [-0.2, -0.15) is 15.0 Å². The SMILES string of the molecule is CC(O)c1ccc(NC(=O)Nc2ccc(-c3nc(N4CCOC[C@H]4C)nc(N4CCOC[C@H]4C)n3)cc2)cc1. The molecule has 5 rings (SSSR count). The Morgan fingerprint density at radius 1 is 0.846 bits per heavy atom. The maximum atomic E-state index is 12.5. The number of amides is 2. The Morgan fingerprint density at radius 3 is 1.79 bits per heavy atom. The van der Waals surface area contributed by atoms with E-state index in [0.717, 1.165) is 11.1 Å². The Labute approximate surface area is 228 Å². The maximum Gasteiger partial charge on any atom is 0.323 e. The van der Waals surface area contributed by atoms with E-state index in [1.807, 2.05) is 24.3 Å². The van der Waals surface area contributed by atoms with Crippen molar-refractivity contribution < 1.29 is 19.4 Å². The van der Waals surface area contributed by atoms with Crippen LogP contribution in [-0.4, -0.2) is 77.7 Å². The molecule has 3 heterocycles. The number of aromatic nitrogens is 3. The Hall–Kier alpha value is -3.80. The van der Waals surface area contributed by atoms with Gasteiger partial charge in [-0.15, -0.1) is 0 Å². The third-order valence-electron chi connectivity index (χ3n) is 6.91. The van der Waals surface area contributed by atoms with Gasteiger partial charge in [0, 0.05) is 30.0 Å². The monoisotopic (exact) mass is 533 g/mol. The normalized spacial score (nSPS) is 20.4. The van der Waals surface area contributed by atoms with E-state index < -0.39 is 6.10 Å². The summed E-state index contributed by atoms with van der Waals surface area (Å²) in [4.78, 5) is 31.4. The molecule has 3 N–H and O–H groups in total. The van der Waals surface area contributed by atoms with E-state index in [4.69, 9.17) is 24.4 Å². The molecule has 2 aliphatic heterocycles. The average molecular weight is 534 g/mol. The molecule has 1 unspecified atom stereocenters. The highest BCUT2D eigenvalue weighted by Gasteiger charge is 2.27. The van der Waals surface area contributed by atoms with E-state index >= 15 is 0 Å². The summed E-state index contributed by atoms with van der Waals surface area (Å²) in [6.07, 6.45) is -0.558. The number of benzene rings is 2. The molecule has 2 amide bonds. The minimum Gasteiger partial charge on any atom is -0.389 e. The van der Waals surface area contributed by atoms with Gasteiger partial charge in [0.25, 0.3) is 0 Å². The lowest BCUT2D eigenvalue weighted by molar-refractivity contribution is 0.0969. The topological polar surface area (TPSA) is 125 Å². The average Bonchev–Trinajstić information content (AvgIpc) is 2.94. The maximum absolute atomic E-state index is 12.5. The fraction of sp³-hybridized carbons (Fsp3) is 0.429.